The quantitative estimate of drug-likeness (QED) is 0.0857. The van der Waals surface area contributed by atoms with E-state index >= 15 is 4.79 Å². The Morgan fingerprint density at radius 2 is 1.73 bits per heavy atom. The number of allylic oxidation sites excluding steroid dienone is 1. The number of hydrogen-bond acceptors (Lipinski definition) is 12. The van der Waals surface area contributed by atoms with Crippen molar-refractivity contribution < 1.29 is 54.4 Å². The van der Waals surface area contributed by atoms with Gasteiger partial charge >= 0.3 is 0 Å². The molecule has 7 N–H and O–H groups in total. The highest BCUT2D eigenvalue weighted by Gasteiger charge is 2.81. The van der Waals surface area contributed by atoms with Gasteiger partial charge in [-0.25, -0.2) is 0 Å². The van der Waals surface area contributed by atoms with E-state index in [0.717, 1.165) is 50.5 Å². The van der Waals surface area contributed by atoms with Crippen molar-refractivity contribution in [2.24, 2.45) is 51.8 Å². The predicted molar refractivity (Wildman–Crippen MR) is 216 cm³/mol. The second-order valence-corrected chi connectivity index (χ2v) is 21.3. The standard InChI is InChI=1S/C47H68N2O11/c1-42-16-14-29(59-20-8-19-58-3)22-33(42)36(51)30-13-12-27-21-35-43(2,54)47(56,57)39-32(25-50)31-23-34(48-40(52)37(31)60-39)41(53)49-24-28(49)11-7-15-44(42)17-18-45(35,46(27,55)38(30)44)26-9-5-4-6-10-26/h26-29,31-35,37,39-40,48,50,52,54-57H,4-6,8-14,16-25H2,1-3H3/t27-,28+,29+,31-,32-,33+,34+,35-,37+,39+,40-,42+,43+,44+,45+,46-,49?/m1/s1. The fourth-order valence-corrected chi connectivity index (χ4v) is 16.0. The Labute approximate surface area is 354 Å². The van der Waals surface area contributed by atoms with E-state index in [-0.39, 0.29) is 48.0 Å². The van der Waals surface area contributed by atoms with Crippen molar-refractivity contribution in [1.29, 1.82) is 0 Å². The minimum atomic E-state index is -2.93. The van der Waals surface area contributed by atoms with Crippen LogP contribution in [0.5, 0.6) is 0 Å². The molecular formula is C47H68N2O11. The number of nitrogens with zero attached hydrogens (tertiary/aromatic N) is 1. The van der Waals surface area contributed by atoms with Gasteiger partial charge in [-0.2, -0.15) is 0 Å². The number of carbonyl (C=O) groups is 2. The van der Waals surface area contributed by atoms with Gasteiger partial charge in [0, 0.05) is 63.1 Å². The van der Waals surface area contributed by atoms with Gasteiger partial charge in [-0.15, -0.1) is 5.92 Å². The van der Waals surface area contributed by atoms with Crippen molar-refractivity contribution in [3.8, 4) is 11.8 Å². The van der Waals surface area contributed by atoms with Crippen molar-refractivity contribution in [3.63, 3.8) is 0 Å². The Hall–Kier alpha value is -1.96. The highest BCUT2D eigenvalue weighted by atomic mass is 16.6. The molecule has 0 aromatic heterocycles. The van der Waals surface area contributed by atoms with E-state index in [2.05, 4.69) is 24.1 Å². The maximum atomic E-state index is 15.3. The molecule has 0 radical (unpaired) electrons. The number of hydrogen-bond donors (Lipinski definition) is 7. The van der Waals surface area contributed by atoms with E-state index in [1.165, 1.54) is 6.92 Å². The second-order valence-electron chi connectivity index (χ2n) is 21.3. The minimum Gasteiger partial charge on any atom is -0.396 e. The highest BCUT2D eigenvalue weighted by Crippen LogP contribution is 2.79. The third-order valence-electron chi connectivity index (χ3n) is 19.1. The lowest BCUT2D eigenvalue weighted by Crippen LogP contribution is -2.73. The highest BCUT2D eigenvalue weighted by molar-refractivity contribution is 6.01. The maximum absolute atomic E-state index is 15.3. The van der Waals surface area contributed by atoms with E-state index in [0.29, 0.717) is 76.7 Å². The molecule has 0 aromatic carbocycles. The lowest BCUT2D eigenvalue weighted by atomic mass is 9.35. The largest absolute Gasteiger partial charge is 0.396 e. The fourth-order valence-electron chi connectivity index (χ4n) is 16.0. The molecule has 11 aliphatic rings. The number of aliphatic hydroxyl groups is 6. The van der Waals surface area contributed by atoms with E-state index in [4.69, 9.17) is 14.2 Å². The van der Waals surface area contributed by atoms with E-state index in [1.807, 2.05) is 0 Å². The molecule has 332 valence electrons. The van der Waals surface area contributed by atoms with Crippen LogP contribution in [-0.2, 0) is 23.8 Å². The Bertz CT molecular complexity index is 1850. The zero-order valence-electron chi connectivity index (χ0n) is 35.7. The third kappa shape index (κ3) is 5.48. The van der Waals surface area contributed by atoms with Gasteiger partial charge in [-0.05, 0) is 118 Å². The molecule has 11 rings (SSSR count). The van der Waals surface area contributed by atoms with Gasteiger partial charge in [0.1, 0.15) is 24.0 Å². The molecule has 5 heterocycles. The summed E-state index contributed by atoms with van der Waals surface area (Å²) in [5.41, 5.74) is -4.92. The van der Waals surface area contributed by atoms with E-state index < -0.39 is 82.1 Å². The van der Waals surface area contributed by atoms with Crippen LogP contribution < -0.4 is 5.32 Å². The zero-order valence-corrected chi connectivity index (χ0v) is 35.7. The summed E-state index contributed by atoms with van der Waals surface area (Å²) in [4.78, 5) is 31.1. The summed E-state index contributed by atoms with van der Waals surface area (Å²) in [5, 5.41) is 78.4. The van der Waals surface area contributed by atoms with Gasteiger partial charge in [0.25, 0.3) is 0 Å². The molecule has 6 aliphatic carbocycles. The summed E-state index contributed by atoms with van der Waals surface area (Å²) in [5.74, 6) is 1.32. The van der Waals surface area contributed by atoms with Crippen LogP contribution in [0.2, 0.25) is 0 Å². The normalized spacial score (nSPS) is 50.5. The van der Waals surface area contributed by atoms with Crippen LogP contribution in [0, 0.1) is 63.6 Å². The molecule has 7 fully saturated rings. The number of ketones is 1. The van der Waals surface area contributed by atoms with Crippen molar-refractivity contribution >= 4 is 11.7 Å². The number of nitrogens with one attached hydrogen (secondary N) is 1. The molecule has 3 saturated heterocycles. The Kier molecular flexibility index (Phi) is 10.2. The molecule has 13 nitrogen and oxygen atoms in total. The van der Waals surface area contributed by atoms with Crippen molar-refractivity contribution in [2.75, 3.05) is 33.5 Å². The van der Waals surface area contributed by atoms with Gasteiger partial charge in [-0.1, -0.05) is 32.1 Å². The molecule has 4 saturated carbocycles. The molecule has 1 spiro atoms. The summed E-state index contributed by atoms with van der Waals surface area (Å²) in [7, 11) is 1.68. The molecule has 13 heteroatoms. The average molecular weight is 837 g/mol. The number of carbonyl (C=O) groups excluding carboxylic acids is 2. The molecule has 0 unspecified atom stereocenters. The molecule has 5 aliphatic heterocycles. The summed E-state index contributed by atoms with van der Waals surface area (Å²) in [6, 6.07) is -0.907. The molecule has 0 aromatic rings. The van der Waals surface area contributed by atoms with Crippen molar-refractivity contribution in [3.05, 3.63) is 11.1 Å². The summed E-state index contributed by atoms with van der Waals surface area (Å²) >= 11 is 0. The first-order chi connectivity index (χ1) is 28.6. The first-order valence-corrected chi connectivity index (χ1v) is 23.4. The molecule has 16 atom stereocenters. The minimum absolute atomic E-state index is 0.0627. The molecule has 60 heavy (non-hydrogen) atoms. The van der Waals surface area contributed by atoms with E-state index in [1.54, 1.807) is 12.0 Å². The summed E-state index contributed by atoms with van der Waals surface area (Å²) < 4.78 is 18.0. The second kappa shape index (κ2) is 14.5. The van der Waals surface area contributed by atoms with Crippen LogP contribution in [-0.4, -0.2) is 134 Å². The lowest BCUT2D eigenvalue weighted by Gasteiger charge is -2.69. The lowest BCUT2D eigenvalue weighted by molar-refractivity contribution is -0.349. The summed E-state index contributed by atoms with van der Waals surface area (Å²) in [6.07, 6.45) is 6.53. The summed E-state index contributed by atoms with van der Waals surface area (Å²) in [6.45, 7) is 4.85. The van der Waals surface area contributed by atoms with Crippen LogP contribution in [0.25, 0.3) is 0 Å². The molecular weight excluding hydrogens is 769 g/mol. The van der Waals surface area contributed by atoms with E-state index in [9.17, 15) is 35.4 Å². The predicted octanol–water partition coefficient (Wildman–Crippen LogP) is 2.32. The number of Topliss-reactive ketones (excluding diaryl/α,β-unsaturated/α-hetero) is 1. The molecule has 7 bridgehead atoms. The first-order valence-electron chi connectivity index (χ1n) is 23.4. The Morgan fingerprint density at radius 3 is 2.48 bits per heavy atom. The average Bonchev–Trinajstić information content (AvgIpc) is 3.80. The van der Waals surface area contributed by atoms with Gasteiger partial charge < -0.3 is 49.7 Å². The smallest absolute Gasteiger partial charge is 0.240 e. The Balaban J connectivity index is 1.16. The van der Waals surface area contributed by atoms with Crippen LogP contribution in [0.4, 0.5) is 0 Å². The maximum Gasteiger partial charge on any atom is 0.240 e. The van der Waals surface area contributed by atoms with Gasteiger partial charge in [0.2, 0.25) is 11.7 Å². The number of ether oxygens (including phenoxy) is 3. The number of rotatable bonds is 7. The Morgan fingerprint density at radius 1 is 0.950 bits per heavy atom. The SMILES string of the molecule is COCCCO[C@H]1CC[C@@]2(C)[C@@H](C1)C(=O)C1=C3[C@@]24C#CC[C@H]2CN2C(=O)[C@@H]2C[C@@H]5[C@@H](CO)[C@H](O[C@@H]5[C@@H](O)N2)C(O)(O)[C@@](C)(O)[C@H]2C[C@@H](CC1)[C@]3(O)[C@]2(C1CCCCC1)CC4. The number of fused-ring (bicyclic) bond motifs is 4. The van der Waals surface area contributed by atoms with Gasteiger partial charge in [-0.3, -0.25) is 14.9 Å². The van der Waals surface area contributed by atoms with Crippen molar-refractivity contribution in [1.82, 2.24) is 10.2 Å². The third-order valence-corrected chi connectivity index (χ3v) is 19.1. The first kappa shape index (κ1) is 42.0. The number of methoxy groups -OCH3 is 1. The van der Waals surface area contributed by atoms with Crippen LogP contribution >= 0.6 is 0 Å². The number of amides is 1. The van der Waals surface area contributed by atoms with Crippen LogP contribution in [0.3, 0.4) is 0 Å². The van der Waals surface area contributed by atoms with Crippen molar-refractivity contribution in [2.45, 2.75) is 170 Å². The molecule has 1 amide bonds. The number of piperidine rings is 1. The topological polar surface area (TPSA) is 198 Å². The monoisotopic (exact) mass is 836 g/mol. The van der Waals surface area contributed by atoms with Gasteiger partial charge in [0.15, 0.2) is 5.78 Å². The fraction of sp³-hybridized carbons (Fsp3) is 0.872. The van der Waals surface area contributed by atoms with Crippen LogP contribution in [0.1, 0.15) is 117 Å². The van der Waals surface area contributed by atoms with Gasteiger partial charge in [0.05, 0.1) is 29.2 Å². The van der Waals surface area contributed by atoms with Crippen LogP contribution in [0.15, 0.2) is 11.1 Å². The zero-order chi connectivity index (χ0) is 42.2. The number of aliphatic hydroxyl groups excluding tert-OH is 2.